The first-order valence-electron chi connectivity index (χ1n) is 7.30. The van der Waals surface area contributed by atoms with Crippen LogP contribution in [0.15, 0.2) is 35.3 Å². The Morgan fingerprint density at radius 2 is 1.96 bits per heavy atom. The minimum atomic E-state index is -0.795. The lowest BCUT2D eigenvalue weighted by atomic mass is 10.2. The van der Waals surface area contributed by atoms with Crippen LogP contribution in [-0.2, 0) is 5.75 Å². The number of carbonyl (C=O) groups is 1. The largest absolute Gasteiger partial charge is 0.382 e. The molecule has 0 unspecified atom stereocenters. The molecule has 0 atom stereocenters. The third-order valence-electron chi connectivity index (χ3n) is 2.96. The van der Waals surface area contributed by atoms with Crippen LogP contribution in [-0.4, -0.2) is 34.1 Å². The van der Waals surface area contributed by atoms with Gasteiger partial charge in [-0.15, -0.1) is 0 Å². The summed E-state index contributed by atoms with van der Waals surface area (Å²) in [5.74, 6) is 0.772. The molecule has 2 aromatic rings. The number of thioether (sulfide) groups is 1. The number of aliphatic imine (C=N–C) groups is 1. The molecule has 0 aliphatic rings. The number of halogens is 1. The summed E-state index contributed by atoms with van der Waals surface area (Å²) < 4.78 is 0. The third-order valence-corrected chi connectivity index (χ3v) is 4.26. The van der Waals surface area contributed by atoms with E-state index < -0.39 is 5.91 Å². The maximum absolute atomic E-state index is 11.8. The number of hydrogen-bond donors (Lipinski definition) is 4. The van der Waals surface area contributed by atoms with Crippen molar-refractivity contribution in [2.24, 2.45) is 16.5 Å². The van der Waals surface area contributed by atoms with Crippen LogP contribution in [0.5, 0.6) is 0 Å². The first-order valence-corrected chi connectivity index (χ1v) is 8.83. The monoisotopic (exact) mass is 379 g/mol. The van der Waals surface area contributed by atoms with E-state index in [0.717, 1.165) is 11.5 Å². The summed E-state index contributed by atoms with van der Waals surface area (Å²) in [6.45, 7) is 0.618. The number of nitrogens with one attached hydrogen (secondary N) is 1. The van der Waals surface area contributed by atoms with Crippen molar-refractivity contribution in [1.29, 1.82) is 0 Å². The van der Waals surface area contributed by atoms with Gasteiger partial charge in [0.25, 0.3) is 0 Å². The van der Waals surface area contributed by atoms with Gasteiger partial charge in [-0.1, -0.05) is 41.9 Å². The van der Waals surface area contributed by atoms with Gasteiger partial charge in [0.15, 0.2) is 28.4 Å². The van der Waals surface area contributed by atoms with Crippen molar-refractivity contribution < 1.29 is 4.79 Å². The van der Waals surface area contributed by atoms with Crippen molar-refractivity contribution in [3.63, 3.8) is 0 Å². The van der Waals surface area contributed by atoms with Gasteiger partial charge in [0.1, 0.15) is 0 Å². The molecule has 0 spiro atoms. The lowest BCUT2D eigenvalue weighted by molar-refractivity contribution is 0.0998. The summed E-state index contributed by atoms with van der Waals surface area (Å²) in [7, 11) is 0. The standard InChI is InChI=1S/C15H18ClN7OS/c16-11-13(20-6-7-25-8-9-4-2-1-3-5-9)22-12(17)10(21-11)14(24)23-15(18)19/h1-5H,6-8H2,(H3,17,20,22)(H4,18,19,23,24). The molecule has 0 aliphatic carbocycles. The van der Waals surface area contributed by atoms with Crippen LogP contribution in [0.3, 0.4) is 0 Å². The molecule has 0 saturated carbocycles. The Bertz CT molecular complexity index is 766. The van der Waals surface area contributed by atoms with E-state index in [0.29, 0.717) is 12.4 Å². The highest BCUT2D eigenvalue weighted by Crippen LogP contribution is 2.21. The minimum absolute atomic E-state index is 0.0244. The number of amides is 1. The molecule has 0 bridgehead atoms. The van der Waals surface area contributed by atoms with Crippen molar-refractivity contribution in [3.8, 4) is 0 Å². The Morgan fingerprint density at radius 1 is 1.24 bits per heavy atom. The fourth-order valence-corrected chi connectivity index (χ4v) is 2.89. The van der Waals surface area contributed by atoms with E-state index in [1.165, 1.54) is 5.56 Å². The second kappa shape index (κ2) is 9.09. The molecule has 1 aromatic carbocycles. The van der Waals surface area contributed by atoms with Gasteiger partial charge in [-0.25, -0.2) is 9.97 Å². The zero-order chi connectivity index (χ0) is 18.2. The maximum Gasteiger partial charge on any atom is 0.302 e. The number of aromatic nitrogens is 2. The number of guanidine groups is 1. The predicted octanol–water partition coefficient (Wildman–Crippen LogP) is 1.47. The number of hydrogen-bond acceptors (Lipinski definition) is 6. The number of anilines is 2. The van der Waals surface area contributed by atoms with E-state index in [9.17, 15) is 4.79 Å². The summed E-state index contributed by atoms with van der Waals surface area (Å²) in [6, 6.07) is 10.2. The smallest absolute Gasteiger partial charge is 0.302 e. The van der Waals surface area contributed by atoms with Crippen LogP contribution in [0, 0.1) is 0 Å². The lowest BCUT2D eigenvalue weighted by Crippen LogP contribution is -2.25. The highest BCUT2D eigenvalue weighted by Gasteiger charge is 2.16. The maximum atomic E-state index is 11.8. The second-order valence-electron chi connectivity index (χ2n) is 4.90. The number of rotatable bonds is 7. The molecule has 0 radical (unpaired) electrons. The van der Waals surface area contributed by atoms with Gasteiger partial charge in [-0.2, -0.15) is 16.8 Å². The van der Waals surface area contributed by atoms with E-state index in [4.69, 9.17) is 28.8 Å². The minimum Gasteiger partial charge on any atom is -0.382 e. The molecule has 2 rings (SSSR count). The average Bonchev–Trinajstić information content (AvgIpc) is 2.57. The Labute approximate surface area is 154 Å². The molecule has 0 fully saturated rings. The van der Waals surface area contributed by atoms with E-state index in [-0.39, 0.29) is 22.6 Å². The van der Waals surface area contributed by atoms with Crippen LogP contribution in [0.1, 0.15) is 16.1 Å². The Balaban J connectivity index is 1.89. The number of nitrogens with zero attached hydrogens (tertiary/aromatic N) is 3. The first kappa shape index (κ1) is 18.8. The van der Waals surface area contributed by atoms with Gasteiger partial charge < -0.3 is 22.5 Å². The molecule has 25 heavy (non-hydrogen) atoms. The Kier molecular flexibility index (Phi) is 6.84. The summed E-state index contributed by atoms with van der Waals surface area (Å²) in [6.07, 6.45) is 0. The molecule has 1 heterocycles. The lowest BCUT2D eigenvalue weighted by Gasteiger charge is -2.09. The SMILES string of the molecule is NC(N)=NC(=O)c1nc(Cl)c(NCCSCc2ccccc2)nc1N. The van der Waals surface area contributed by atoms with Crippen LogP contribution < -0.4 is 22.5 Å². The van der Waals surface area contributed by atoms with Gasteiger partial charge in [0, 0.05) is 18.1 Å². The molecule has 1 aromatic heterocycles. The summed E-state index contributed by atoms with van der Waals surface area (Å²) >= 11 is 7.79. The van der Waals surface area contributed by atoms with E-state index in [2.05, 4.69) is 32.4 Å². The van der Waals surface area contributed by atoms with Crippen LogP contribution in [0.25, 0.3) is 0 Å². The van der Waals surface area contributed by atoms with Gasteiger partial charge in [0.05, 0.1) is 0 Å². The zero-order valence-electron chi connectivity index (χ0n) is 13.3. The van der Waals surface area contributed by atoms with Crippen molar-refractivity contribution in [2.75, 3.05) is 23.3 Å². The molecule has 0 aliphatic heterocycles. The molecule has 8 nitrogen and oxygen atoms in total. The Morgan fingerprint density at radius 3 is 2.64 bits per heavy atom. The number of carbonyl (C=O) groups excluding carboxylic acids is 1. The van der Waals surface area contributed by atoms with Gasteiger partial charge in [-0.3, -0.25) is 4.79 Å². The predicted molar refractivity (Wildman–Crippen MR) is 103 cm³/mol. The van der Waals surface area contributed by atoms with Crippen molar-refractivity contribution in [2.45, 2.75) is 5.75 Å². The van der Waals surface area contributed by atoms with Crippen molar-refractivity contribution in [1.82, 2.24) is 9.97 Å². The van der Waals surface area contributed by atoms with E-state index in [1.807, 2.05) is 18.2 Å². The average molecular weight is 380 g/mol. The van der Waals surface area contributed by atoms with E-state index >= 15 is 0 Å². The molecular weight excluding hydrogens is 362 g/mol. The van der Waals surface area contributed by atoms with Crippen LogP contribution in [0.4, 0.5) is 11.6 Å². The normalized spacial score (nSPS) is 10.3. The third kappa shape index (κ3) is 5.80. The van der Waals surface area contributed by atoms with Crippen molar-refractivity contribution >= 4 is 46.9 Å². The van der Waals surface area contributed by atoms with Crippen molar-refractivity contribution in [3.05, 3.63) is 46.7 Å². The number of nitrogens with two attached hydrogens (primary N) is 3. The molecular formula is C15H18ClN7OS. The van der Waals surface area contributed by atoms with Gasteiger partial charge in [0.2, 0.25) is 0 Å². The molecule has 1 amide bonds. The Hall–Kier alpha value is -2.52. The fraction of sp³-hybridized carbons (Fsp3) is 0.200. The first-order chi connectivity index (χ1) is 12.0. The van der Waals surface area contributed by atoms with Gasteiger partial charge in [-0.05, 0) is 5.56 Å². The fourth-order valence-electron chi connectivity index (χ4n) is 1.87. The molecule has 10 heteroatoms. The summed E-state index contributed by atoms with van der Waals surface area (Å²) in [5, 5.41) is 3.07. The van der Waals surface area contributed by atoms with Gasteiger partial charge >= 0.3 is 5.91 Å². The molecule has 132 valence electrons. The highest BCUT2D eigenvalue weighted by atomic mass is 35.5. The molecule has 0 saturated heterocycles. The quantitative estimate of drug-likeness (QED) is 0.321. The van der Waals surface area contributed by atoms with E-state index in [1.54, 1.807) is 11.8 Å². The number of nitrogen functional groups attached to an aromatic ring is 1. The second-order valence-corrected chi connectivity index (χ2v) is 6.37. The topological polar surface area (TPSA) is 145 Å². The summed E-state index contributed by atoms with van der Waals surface area (Å²) in [4.78, 5) is 23.1. The summed E-state index contributed by atoms with van der Waals surface area (Å²) in [5.41, 5.74) is 17.1. The van der Waals surface area contributed by atoms with Crippen LogP contribution >= 0.6 is 23.4 Å². The number of benzene rings is 1. The zero-order valence-corrected chi connectivity index (χ0v) is 14.8. The van der Waals surface area contributed by atoms with Crippen LogP contribution in [0.2, 0.25) is 5.15 Å². The highest BCUT2D eigenvalue weighted by molar-refractivity contribution is 7.98. The molecule has 7 N–H and O–H groups in total.